The molecule has 11 heteroatoms. The molecule has 5 N–H and O–H groups in total. The molecule has 0 aliphatic heterocycles. The van der Waals surface area contributed by atoms with Gasteiger partial charge in [-0.15, -0.1) is 0 Å². The number of aryl methyl sites for hydroxylation is 1. The van der Waals surface area contributed by atoms with E-state index < -0.39 is 18.0 Å². The standard InChI is InChI=1S/C24H33N7O4/c1-4-14-20-16(9-24(2,3)10-17(20)32)31(30-14)23-27-12-13(21(26)34)22(29-23)28-15-7-5-6-8-18(15)35-19(33)11-25/h12,15,18H,4-11,25H2,1-3H3,(H2,26,34)(H,27,28,29). The summed E-state index contributed by atoms with van der Waals surface area (Å²) in [7, 11) is 0. The number of anilines is 1. The van der Waals surface area contributed by atoms with Crippen LogP contribution >= 0.6 is 0 Å². The van der Waals surface area contributed by atoms with Gasteiger partial charge in [0.25, 0.3) is 11.9 Å². The van der Waals surface area contributed by atoms with Gasteiger partial charge in [-0.25, -0.2) is 9.67 Å². The number of amides is 1. The number of esters is 1. The highest BCUT2D eigenvalue weighted by Crippen LogP contribution is 2.37. The maximum Gasteiger partial charge on any atom is 0.320 e. The molecule has 2 unspecified atom stereocenters. The van der Waals surface area contributed by atoms with Crippen LogP contribution in [0.4, 0.5) is 5.82 Å². The molecule has 1 saturated carbocycles. The summed E-state index contributed by atoms with van der Waals surface area (Å²) in [6.07, 6.45) is 5.91. The molecule has 2 aliphatic rings. The Labute approximate surface area is 204 Å². The van der Waals surface area contributed by atoms with Crippen LogP contribution in [-0.2, 0) is 22.4 Å². The zero-order valence-electron chi connectivity index (χ0n) is 20.5. The highest BCUT2D eigenvalue weighted by molar-refractivity contribution is 6.00. The van der Waals surface area contributed by atoms with Crippen LogP contribution in [-0.4, -0.2) is 56.1 Å². The number of carbonyl (C=O) groups excluding carboxylic acids is 3. The van der Waals surface area contributed by atoms with E-state index in [1.165, 1.54) is 6.20 Å². The maximum absolute atomic E-state index is 12.9. The number of nitrogens with one attached hydrogen (secondary N) is 1. The molecule has 2 aromatic heterocycles. The van der Waals surface area contributed by atoms with Crippen molar-refractivity contribution in [3.63, 3.8) is 0 Å². The Hall–Kier alpha value is -3.34. The van der Waals surface area contributed by atoms with E-state index in [0.717, 1.165) is 25.0 Å². The van der Waals surface area contributed by atoms with Crippen molar-refractivity contribution in [2.24, 2.45) is 16.9 Å². The average Bonchev–Trinajstić information content (AvgIpc) is 3.17. The number of ketones is 1. The molecule has 2 heterocycles. The van der Waals surface area contributed by atoms with Crippen LogP contribution in [0, 0.1) is 5.41 Å². The molecule has 1 amide bonds. The van der Waals surface area contributed by atoms with Gasteiger partial charge in [0, 0.05) is 12.6 Å². The zero-order valence-corrected chi connectivity index (χ0v) is 20.5. The van der Waals surface area contributed by atoms with E-state index in [2.05, 4.69) is 20.4 Å². The van der Waals surface area contributed by atoms with E-state index in [-0.39, 0.29) is 41.1 Å². The van der Waals surface area contributed by atoms with Crippen LogP contribution in [0.25, 0.3) is 5.95 Å². The number of ether oxygens (including phenoxy) is 1. The highest BCUT2D eigenvalue weighted by Gasteiger charge is 2.37. The molecule has 0 aromatic carbocycles. The van der Waals surface area contributed by atoms with Gasteiger partial charge in [0.2, 0.25) is 0 Å². The number of hydrogen-bond acceptors (Lipinski definition) is 9. The summed E-state index contributed by atoms with van der Waals surface area (Å²) in [5.41, 5.74) is 13.1. The minimum Gasteiger partial charge on any atom is -0.459 e. The molecule has 0 bridgehead atoms. The number of primary amides is 1. The van der Waals surface area contributed by atoms with E-state index in [4.69, 9.17) is 16.2 Å². The Balaban J connectivity index is 1.74. The zero-order chi connectivity index (χ0) is 25.3. The first-order chi connectivity index (χ1) is 16.6. The molecule has 1 fully saturated rings. The Morgan fingerprint density at radius 3 is 2.69 bits per heavy atom. The Morgan fingerprint density at radius 1 is 1.26 bits per heavy atom. The molecular weight excluding hydrogens is 450 g/mol. The van der Waals surface area contributed by atoms with Crippen LogP contribution in [0.2, 0.25) is 0 Å². The summed E-state index contributed by atoms with van der Waals surface area (Å²) < 4.78 is 7.13. The van der Waals surface area contributed by atoms with Gasteiger partial charge in [0.1, 0.15) is 11.9 Å². The lowest BCUT2D eigenvalue weighted by Gasteiger charge is -2.32. The number of fused-ring (bicyclic) bond motifs is 1. The van der Waals surface area contributed by atoms with Crippen molar-refractivity contribution in [3.05, 3.63) is 28.7 Å². The van der Waals surface area contributed by atoms with Gasteiger partial charge in [-0.05, 0) is 37.5 Å². The van der Waals surface area contributed by atoms with E-state index in [0.29, 0.717) is 36.9 Å². The second kappa shape index (κ2) is 9.73. The van der Waals surface area contributed by atoms with Crippen LogP contribution in [0.3, 0.4) is 0 Å². The van der Waals surface area contributed by atoms with Crippen molar-refractivity contribution in [1.82, 2.24) is 19.7 Å². The monoisotopic (exact) mass is 483 g/mol. The van der Waals surface area contributed by atoms with Crippen molar-refractivity contribution in [3.8, 4) is 5.95 Å². The van der Waals surface area contributed by atoms with Crippen molar-refractivity contribution < 1.29 is 19.1 Å². The fraction of sp³-hybridized carbons (Fsp3) is 0.583. The first-order valence-electron chi connectivity index (χ1n) is 12.1. The number of nitrogens with two attached hydrogens (primary N) is 2. The predicted octanol–water partition coefficient (Wildman–Crippen LogP) is 1.70. The van der Waals surface area contributed by atoms with Gasteiger partial charge in [0.15, 0.2) is 5.78 Å². The third-order valence-electron chi connectivity index (χ3n) is 6.66. The maximum atomic E-state index is 12.9. The van der Waals surface area contributed by atoms with Gasteiger partial charge in [-0.3, -0.25) is 14.4 Å². The number of rotatable bonds is 7. The van der Waals surface area contributed by atoms with Crippen LogP contribution < -0.4 is 16.8 Å². The van der Waals surface area contributed by atoms with Gasteiger partial charge in [-0.2, -0.15) is 10.1 Å². The summed E-state index contributed by atoms with van der Waals surface area (Å²) in [5.74, 6) is -0.612. The van der Waals surface area contributed by atoms with Crippen LogP contribution in [0.15, 0.2) is 6.20 Å². The predicted molar refractivity (Wildman–Crippen MR) is 128 cm³/mol. The van der Waals surface area contributed by atoms with Gasteiger partial charge < -0.3 is 21.5 Å². The SMILES string of the molecule is CCc1nn(-c2ncc(C(N)=O)c(NC3CCCCC3OC(=O)CN)n2)c2c1C(=O)CC(C)(C)C2. The summed E-state index contributed by atoms with van der Waals surface area (Å²) >= 11 is 0. The summed E-state index contributed by atoms with van der Waals surface area (Å²) in [5, 5.41) is 7.94. The average molecular weight is 484 g/mol. The molecule has 0 saturated heterocycles. The molecule has 4 rings (SSSR count). The van der Waals surface area contributed by atoms with Crippen LogP contribution in [0.5, 0.6) is 0 Å². The second-order valence-corrected chi connectivity index (χ2v) is 10.0. The van der Waals surface area contributed by atoms with E-state index in [1.54, 1.807) is 4.68 Å². The molecule has 188 valence electrons. The first-order valence-corrected chi connectivity index (χ1v) is 12.1. The molecule has 2 aliphatic carbocycles. The lowest BCUT2D eigenvalue weighted by Crippen LogP contribution is -2.41. The Bertz CT molecular complexity index is 1160. The molecule has 2 aromatic rings. The largest absolute Gasteiger partial charge is 0.459 e. The fourth-order valence-corrected chi connectivity index (χ4v) is 5.00. The number of carbonyl (C=O) groups is 3. The molecule has 35 heavy (non-hydrogen) atoms. The van der Waals surface area contributed by atoms with Gasteiger partial charge in [0.05, 0.1) is 35.1 Å². The Kier molecular flexibility index (Phi) is 6.88. The quantitative estimate of drug-likeness (QED) is 0.496. The lowest BCUT2D eigenvalue weighted by molar-refractivity contribution is -0.149. The van der Waals surface area contributed by atoms with E-state index in [1.807, 2.05) is 20.8 Å². The van der Waals surface area contributed by atoms with Crippen molar-refractivity contribution in [2.45, 2.75) is 77.9 Å². The lowest BCUT2D eigenvalue weighted by atomic mass is 9.75. The number of aromatic nitrogens is 4. The van der Waals surface area contributed by atoms with Gasteiger partial charge >= 0.3 is 5.97 Å². The summed E-state index contributed by atoms with van der Waals surface area (Å²) in [6, 6.07) is -0.265. The second-order valence-electron chi connectivity index (χ2n) is 10.0. The number of hydrogen-bond donors (Lipinski definition) is 3. The molecular formula is C24H33N7O4. The number of nitrogens with zero attached hydrogens (tertiary/aromatic N) is 4. The van der Waals surface area contributed by atoms with E-state index >= 15 is 0 Å². The normalized spacial score (nSPS) is 21.3. The van der Waals surface area contributed by atoms with Crippen molar-refractivity contribution in [1.29, 1.82) is 0 Å². The molecule has 11 nitrogen and oxygen atoms in total. The first kappa shape index (κ1) is 24.8. The minimum absolute atomic E-state index is 0.0678. The van der Waals surface area contributed by atoms with Gasteiger partial charge in [-0.1, -0.05) is 27.2 Å². The summed E-state index contributed by atoms with van der Waals surface area (Å²) in [6.45, 7) is 5.85. The van der Waals surface area contributed by atoms with Crippen LogP contribution in [0.1, 0.15) is 85.0 Å². The third kappa shape index (κ3) is 5.04. The Morgan fingerprint density at radius 2 is 2.00 bits per heavy atom. The topological polar surface area (TPSA) is 168 Å². The fourth-order valence-electron chi connectivity index (χ4n) is 5.00. The smallest absolute Gasteiger partial charge is 0.320 e. The molecule has 2 atom stereocenters. The van der Waals surface area contributed by atoms with E-state index in [9.17, 15) is 14.4 Å². The number of Topliss-reactive ketones (excluding diaryl/α,β-unsaturated/α-hetero) is 1. The summed E-state index contributed by atoms with van der Waals surface area (Å²) in [4.78, 5) is 45.9. The molecule has 0 spiro atoms. The minimum atomic E-state index is -0.682. The third-order valence-corrected chi connectivity index (χ3v) is 6.66. The molecule has 0 radical (unpaired) electrons. The highest BCUT2D eigenvalue weighted by atomic mass is 16.5. The van der Waals surface area contributed by atoms with Crippen molar-refractivity contribution >= 4 is 23.5 Å². The van der Waals surface area contributed by atoms with Crippen molar-refractivity contribution in [2.75, 3.05) is 11.9 Å².